The van der Waals surface area contributed by atoms with Crippen LogP contribution in [0, 0.1) is 0 Å². The summed E-state index contributed by atoms with van der Waals surface area (Å²) in [7, 11) is 0. The van der Waals surface area contributed by atoms with Crippen LogP contribution in [0.5, 0.6) is 0 Å². The van der Waals surface area contributed by atoms with Crippen molar-refractivity contribution >= 4 is 17.6 Å². The molecule has 32 heavy (non-hydrogen) atoms. The third-order valence-corrected chi connectivity index (χ3v) is 5.23. The molecular weight excluding hydrogens is 406 g/mol. The number of morpholine rings is 1. The van der Waals surface area contributed by atoms with Gasteiger partial charge in [-0.2, -0.15) is 0 Å². The average Bonchev–Trinajstić information content (AvgIpc) is 2.79. The molecule has 0 aliphatic carbocycles. The Morgan fingerprint density at radius 3 is 2.44 bits per heavy atom. The zero-order valence-corrected chi connectivity index (χ0v) is 18.9. The van der Waals surface area contributed by atoms with Crippen LogP contribution >= 0.6 is 0 Å². The van der Waals surface area contributed by atoms with Crippen LogP contribution in [0.3, 0.4) is 0 Å². The first-order valence-corrected chi connectivity index (χ1v) is 11.2. The predicted octanol–water partition coefficient (Wildman–Crippen LogP) is 2.98. The summed E-state index contributed by atoms with van der Waals surface area (Å²) >= 11 is 0. The summed E-state index contributed by atoms with van der Waals surface area (Å²) in [6.45, 7) is 9.36. The molecule has 0 spiro atoms. The summed E-state index contributed by atoms with van der Waals surface area (Å²) in [6.07, 6.45) is 4.38. The first-order valence-electron chi connectivity index (χ1n) is 11.2. The number of nitrogens with zero attached hydrogens (tertiary/aromatic N) is 3. The van der Waals surface area contributed by atoms with Gasteiger partial charge in [0.25, 0.3) is 5.91 Å². The summed E-state index contributed by atoms with van der Waals surface area (Å²) in [5.41, 5.74) is 2.29. The molecule has 172 valence electrons. The number of ether oxygens (including phenoxy) is 1. The van der Waals surface area contributed by atoms with Gasteiger partial charge in [-0.15, -0.1) is 0 Å². The Bertz CT molecular complexity index is 852. The average molecular weight is 440 g/mol. The van der Waals surface area contributed by atoms with Crippen molar-refractivity contribution in [2.24, 2.45) is 0 Å². The second kappa shape index (κ2) is 12.2. The number of pyridine rings is 1. The molecule has 0 saturated carbocycles. The Hall–Kier alpha value is -2.97. The highest BCUT2D eigenvalue weighted by Crippen LogP contribution is 2.14. The molecule has 8 nitrogen and oxygen atoms in total. The Morgan fingerprint density at radius 2 is 1.78 bits per heavy atom. The van der Waals surface area contributed by atoms with E-state index >= 15 is 0 Å². The lowest BCUT2D eigenvalue weighted by Gasteiger charge is -2.28. The summed E-state index contributed by atoms with van der Waals surface area (Å²) < 4.78 is 5.41. The van der Waals surface area contributed by atoms with Gasteiger partial charge in [-0.3, -0.25) is 14.7 Å². The van der Waals surface area contributed by atoms with E-state index in [4.69, 9.17) is 4.74 Å². The Morgan fingerprint density at radius 1 is 1.09 bits per heavy atom. The number of rotatable bonds is 9. The van der Waals surface area contributed by atoms with Crippen molar-refractivity contribution in [1.82, 2.24) is 20.1 Å². The summed E-state index contributed by atoms with van der Waals surface area (Å²) in [5, 5.41) is 5.56. The van der Waals surface area contributed by atoms with Gasteiger partial charge in [0, 0.05) is 62.4 Å². The largest absolute Gasteiger partial charge is 0.379 e. The molecule has 0 unspecified atom stereocenters. The number of aromatic nitrogens is 1. The molecule has 2 aromatic rings. The Labute approximate surface area is 190 Å². The van der Waals surface area contributed by atoms with E-state index in [2.05, 4.69) is 20.5 Å². The lowest BCUT2D eigenvalue weighted by Crippen LogP contribution is -2.39. The quantitative estimate of drug-likeness (QED) is 0.627. The maximum atomic E-state index is 13.3. The zero-order valence-electron chi connectivity index (χ0n) is 18.9. The third-order valence-electron chi connectivity index (χ3n) is 5.23. The minimum atomic E-state index is -0.262. The maximum Gasteiger partial charge on any atom is 0.319 e. The summed E-state index contributed by atoms with van der Waals surface area (Å²) in [6, 6.07) is 10.7. The fourth-order valence-electron chi connectivity index (χ4n) is 3.58. The summed E-state index contributed by atoms with van der Waals surface area (Å²) in [4.78, 5) is 33.5. The molecule has 1 fully saturated rings. The van der Waals surface area contributed by atoms with E-state index in [1.54, 1.807) is 36.7 Å². The van der Waals surface area contributed by atoms with Crippen molar-refractivity contribution in [2.75, 3.05) is 44.7 Å². The van der Waals surface area contributed by atoms with Gasteiger partial charge in [-0.25, -0.2) is 4.79 Å². The number of urea groups is 1. The Kier molecular flexibility index (Phi) is 9.01. The third kappa shape index (κ3) is 7.62. The SMILES string of the molecule is CC(C)NC(=O)Nc1ccc(C(=O)N(CCCN2CCOCC2)Cc2ccncc2)cc1. The number of hydrogen-bond acceptors (Lipinski definition) is 5. The van der Waals surface area contributed by atoms with Gasteiger partial charge in [-0.05, 0) is 62.2 Å². The number of amides is 3. The lowest BCUT2D eigenvalue weighted by atomic mass is 10.1. The Balaban J connectivity index is 1.63. The molecule has 3 rings (SSSR count). The van der Waals surface area contributed by atoms with Gasteiger partial charge in [0.15, 0.2) is 0 Å². The van der Waals surface area contributed by atoms with Gasteiger partial charge in [-0.1, -0.05) is 0 Å². The molecule has 2 N–H and O–H groups in total. The number of carbonyl (C=O) groups excluding carboxylic acids is 2. The van der Waals surface area contributed by atoms with Crippen LogP contribution in [-0.4, -0.2) is 72.2 Å². The van der Waals surface area contributed by atoms with Crippen molar-refractivity contribution in [1.29, 1.82) is 0 Å². The molecule has 0 bridgehead atoms. The van der Waals surface area contributed by atoms with Crippen LogP contribution < -0.4 is 10.6 Å². The van der Waals surface area contributed by atoms with E-state index in [1.807, 2.05) is 30.9 Å². The van der Waals surface area contributed by atoms with Crippen LogP contribution in [0.4, 0.5) is 10.5 Å². The first kappa shape index (κ1) is 23.7. The molecule has 2 heterocycles. The van der Waals surface area contributed by atoms with Gasteiger partial charge in [0.1, 0.15) is 0 Å². The van der Waals surface area contributed by atoms with Gasteiger partial charge in [0.05, 0.1) is 13.2 Å². The monoisotopic (exact) mass is 439 g/mol. The van der Waals surface area contributed by atoms with Gasteiger partial charge >= 0.3 is 6.03 Å². The lowest BCUT2D eigenvalue weighted by molar-refractivity contribution is 0.0355. The van der Waals surface area contributed by atoms with Crippen molar-refractivity contribution in [3.05, 3.63) is 59.9 Å². The van der Waals surface area contributed by atoms with Crippen molar-refractivity contribution < 1.29 is 14.3 Å². The van der Waals surface area contributed by atoms with Crippen LogP contribution in [0.15, 0.2) is 48.8 Å². The molecular formula is C24H33N5O3. The molecule has 3 amide bonds. The maximum absolute atomic E-state index is 13.3. The van der Waals surface area contributed by atoms with Crippen LogP contribution in [0.2, 0.25) is 0 Å². The molecule has 1 aliphatic rings. The van der Waals surface area contributed by atoms with E-state index < -0.39 is 0 Å². The van der Waals surface area contributed by atoms with E-state index in [0.717, 1.165) is 44.8 Å². The van der Waals surface area contributed by atoms with E-state index in [0.29, 0.717) is 24.3 Å². The number of anilines is 1. The van der Waals surface area contributed by atoms with E-state index in [-0.39, 0.29) is 18.0 Å². The first-order chi connectivity index (χ1) is 15.5. The smallest absolute Gasteiger partial charge is 0.319 e. The van der Waals surface area contributed by atoms with Crippen LogP contribution in [-0.2, 0) is 11.3 Å². The highest BCUT2D eigenvalue weighted by atomic mass is 16.5. The molecule has 1 saturated heterocycles. The topological polar surface area (TPSA) is 86.8 Å². The van der Waals surface area contributed by atoms with Gasteiger partial charge in [0.2, 0.25) is 0 Å². The van der Waals surface area contributed by atoms with E-state index in [9.17, 15) is 9.59 Å². The van der Waals surface area contributed by atoms with Crippen molar-refractivity contribution in [3.8, 4) is 0 Å². The predicted molar refractivity (Wildman–Crippen MR) is 125 cm³/mol. The van der Waals surface area contributed by atoms with Crippen LogP contribution in [0.25, 0.3) is 0 Å². The molecule has 1 aliphatic heterocycles. The standard InChI is InChI=1S/C24H33N5O3/c1-19(2)26-24(31)27-22-6-4-21(5-7-22)23(30)29(18-20-8-10-25-11-9-20)13-3-12-28-14-16-32-17-15-28/h4-11,19H,3,12-18H2,1-2H3,(H2,26,27,31). The minimum Gasteiger partial charge on any atom is -0.379 e. The number of carbonyl (C=O) groups is 2. The van der Waals surface area contributed by atoms with Crippen molar-refractivity contribution in [3.63, 3.8) is 0 Å². The number of benzene rings is 1. The minimum absolute atomic E-state index is 0.0260. The number of nitrogens with one attached hydrogen (secondary N) is 2. The molecule has 1 aromatic heterocycles. The molecule has 8 heteroatoms. The molecule has 0 radical (unpaired) electrons. The van der Waals surface area contributed by atoms with Gasteiger partial charge < -0.3 is 20.3 Å². The zero-order chi connectivity index (χ0) is 22.8. The normalized spacial score (nSPS) is 14.2. The van der Waals surface area contributed by atoms with Crippen LogP contribution in [0.1, 0.15) is 36.2 Å². The highest BCUT2D eigenvalue weighted by molar-refractivity contribution is 5.95. The fraction of sp³-hybridized carbons (Fsp3) is 0.458. The second-order valence-electron chi connectivity index (χ2n) is 8.22. The highest BCUT2D eigenvalue weighted by Gasteiger charge is 2.18. The second-order valence-corrected chi connectivity index (χ2v) is 8.22. The molecule has 0 atom stereocenters. The number of hydrogen-bond donors (Lipinski definition) is 2. The molecule has 1 aromatic carbocycles. The summed E-state index contributed by atoms with van der Waals surface area (Å²) in [5.74, 6) is -0.0260. The van der Waals surface area contributed by atoms with E-state index in [1.165, 1.54) is 0 Å². The fourth-order valence-corrected chi connectivity index (χ4v) is 3.58. The van der Waals surface area contributed by atoms with Crippen molar-refractivity contribution in [2.45, 2.75) is 32.9 Å².